The molecule has 2 heterocycles. The van der Waals surface area contributed by atoms with Crippen LogP contribution >= 0.6 is 15.9 Å². The van der Waals surface area contributed by atoms with Crippen molar-refractivity contribution in [1.29, 1.82) is 0 Å². The Kier molecular flexibility index (Phi) is 2.88. The van der Waals surface area contributed by atoms with Gasteiger partial charge in [0.05, 0.1) is 0 Å². The van der Waals surface area contributed by atoms with E-state index in [1.807, 2.05) is 12.4 Å². The zero-order chi connectivity index (χ0) is 10.1. The van der Waals surface area contributed by atoms with Crippen molar-refractivity contribution in [2.24, 2.45) is 0 Å². The highest BCUT2D eigenvalue weighted by Crippen LogP contribution is 2.31. The Labute approximate surface area is 93.3 Å². The quantitative estimate of drug-likeness (QED) is 0.834. The molecule has 0 radical (unpaired) electrons. The second-order valence-electron chi connectivity index (χ2n) is 4.14. The van der Waals surface area contributed by atoms with Crippen molar-refractivity contribution in [3.8, 4) is 0 Å². The summed E-state index contributed by atoms with van der Waals surface area (Å²) in [6, 6.07) is 3.35. The molecule has 1 fully saturated rings. The molecular weight excluding hydrogens is 240 g/mol. The minimum atomic E-state index is 0.557. The van der Waals surface area contributed by atoms with Gasteiger partial charge in [0.15, 0.2) is 0 Å². The fourth-order valence-corrected chi connectivity index (χ4v) is 2.66. The van der Waals surface area contributed by atoms with E-state index in [1.165, 1.54) is 12.0 Å². The molecule has 3 atom stereocenters. The molecule has 0 bridgehead atoms. The standard InChI is InChI=1S/C11H15BrN2/c1-7-3-11(8(2)14-7)9-4-10(12)6-13-5-9/h4-8,11,14H,3H2,1-2H3. The summed E-state index contributed by atoms with van der Waals surface area (Å²) in [6.07, 6.45) is 5.02. The van der Waals surface area contributed by atoms with E-state index in [2.05, 4.69) is 46.1 Å². The average Bonchev–Trinajstić information content (AvgIpc) is 2.45. The van der Waals surface area contributed by atoms with Crippen LogP contribution in [-0.2, 0) is 0 Å². The highest BCUT2D eigenvalue weighted by Gasteiger charge is 2.29. The van der Waals surface area contributed by atoms with E-state index in [9.17, 15) is 0 Å². The van der Waals surface area contributed by atoms with E-state index in [0.717, 1.165) is 4.47 Å². The first-order chi connectivity index (χ1) is 6.66. The fraction of sp³-hybridized carbons (Fsp3) is 0.545. The number of pyridine rings is 1. The molecule has 14 heavy (non-hydrogen) atoms. The van der Waals surface area contributed by atoms with Gasteiger partial charge in [-0.3, -0.25) is 4.98 Å². The smallest absolute Gasteiger partial charge is 0.0410 e. The SMILES string of the molecule is CC1CC(c2cncc(Br)c2)C(C)N1. The Hall–Kier alpha value is -0.410. The minimum Gasteiger partial charge on any atom is -0.311 e. The third-order valence-corrected chi connectivity index (χ3v) is 3.35. The van der Waals surface area contributed by atoms with E-state index in [1.54, 1.807) is 0 Å². The van der Waals surface area contributed by atoms with Gasteiger partial charge >= 0.3 is 0 Å². The lowest BCUT2D eigenvalue weighted by atomic mass is 9.93. The summed E-state index contributed by atoms with van der Waals surface area (Å²) in [7, 11) is 0. The van der Waals surface area contributed by atoms with Crippen LogP contribution < -0.4 is 5.32 Å². The molecule has 0 saturated carbocycles. The largest absolute Gasteiger partial charge is 0.311 e. The molecule has 3 heteroatoms. The molecule has 3 unspecified atom stereocenters. The van der Waals surface area contributed by atoms with Crippen molar-refractivity contribution in [2.45, 2.75) is 38.3 Å². The number of aromatic nitrogens is 1. The number of nitrogens with one attached hydrogen (secondary N) is 1. The molecule has 1 aliphatic heterocycles. The van der Waals surface area contributed by atoms with Gasteiger partial charge in [-0.1, -0.05) is 0 Å². The summed E-state index contributed by atoms with van der Waals surface area (Å²) >= 11 is 3.46. The van der Waals surface area contributed by atoms with E-state index in [-0.39, 0.29) is 0 Å². The van der Waals surface area contributed by atoms with Crippen molar-refractivity contribution >= 4 is 15.9 Å². The molecule has 1 aromatic rings. The van der Waals surface area contributed by atoms with Crippen LogP contribution in [0.3, 0.4) is 0 Å². The monoisotopic (exact) mass is 254 g/mol. The second kappa shape index (κ2) is 3.99. The highest BCUT2D eigenvalue weighted by molar-refractivity contribution is 9.10. The van der Waals surface area contributed by atoms with Crippen LogP contribution in [-0.4, -0.2) is 17.1 Å². The first-order valence-electron chi connectivity index (χ1n) is 5.03. The summed E-state index contributed by atoms with van der Waals surface area (Å²) in [6.45, 7) is 4.48. The number of hydrogen-bond donors (Lipinski definition) is 1. The van der Waals surface area contributed by atoms with Gasteiger partial charge in [-0.2, -0.15) is 0 Å². The highest BCUT2D eigenvalue weighted by atomic mass is 79.9. The van der Waals surface area contributed by atoms with Gasteiger partial charge in [0.25, 0.3) is 0 Å². The third kappa shape index (κ3) is 1.98. The van der Waals surface area contributed by atoms with Crippen LogP contribution in [0.4, 0.5) is 0 Å². The first-order valence-corrected chi connectivity index (χ1v) is 5.82. The molecule has 1 aliphatic rings. The zero-order valence-corrected chi connectivity index (χ0v) is 10.1. The van der Waals surface area contributed by atoms with Crippen molar-refractivity contribution in [1.82, 2.24) is 10.3 Å². The van der Waals surface area contributed by atoms with Crippen molar-refractivity contribution in [2.75, 3.05) is 0 Å². The van der Waals surface area contributed by atoms with E-state index in [0.29, 0.717) is 18.0 Å². The lowest BCUT2D eigenvalue weighted by molar-refractivity contribution is 0.574. The number of halogens is 1. The molecule has 0 spiro atoms. The van der Waals surface area contributed by atoms with Gasteiger partial charge < -0.3 is 5.32 Å². The Morgan fingerprint density at radius 3 is 2.79 bits per heavy atom. The lowest BCUT2D eigenvalue weighted by Gasteiger charge is -2.14. The molecule has 2 rings (SSSR count). The third-order valence-electron chi connectivity index (χ3n) is 2.91. The lowest BCUT2D eigenvalue weighted by Crippen LogP contribution is -2.26. The maximum Gasteiger partial charge on any atom is 0.0410 e. The fourth-order valence-electron chi connectivity index (χ4n) is 2.27. The maximum absolute atomic E-state index is 4.21. The Balaban J connectivity index is 2.23. The van der Waals surface area contributed by atoms with Crippen LogP contribution in [0.1, 0.15) is 31.7 Å². The van der Waals surface area contributed by atoms with Gasteiger partial charge in [-0.05, 0) is 47.8 Å². The summed E-state index contributed by atoms with van der Waals surface area (Å²) in [5, 5.41) is 3.54. The van der Waals surface area contributed by atoms with E-state index in [4.69, 9.17) is 0 Å². The van der Waals surface area contributed by atoms with Crippen molar-refractivity contribution < 1.29 is 0 Å². The summed E-state index contributed by atoms with van der Waals surface area (Å²) < 4.78 is 1.07. The van der Waals surface area contributed by atoms with Gasteiger partial charge in [0, 0.05) is 34.9 Å². The van der Waals surface area contributed by atoms with Crippen molar-refractivity contribution in [3.05, 3.63) is 28.5 Å². The summed E-state index contributed by atoms with van der Waals surface area (Å²) in [5.41, 5.74) is 1.34. The van der Waals surface area contributed by atoms with Crippen LogP contribution in [0, 0.1) is 0 Å². The van der Waals surface area contributed by atoms with Crippen molar-refractivity contribution in [3.63, 3.8) is 0 Å². The molecule has 1 N–H and O–H groups in total. The number of rotatable bonds is 1. The summed E-state index contributed by atoms with van der Waals surface area (Å²) in [4.78, 5) is 4.21. The molecular formula is C11H15BrN2. The summed E-state index contributed by atoms with van der Waals surface area (Å²) in [5.74, 6) is 0.606. The van der Waals surface area contributed by atoms with Crippen LogP contribution in [0.2, 0.25) is 0 Å². The van der Waals surface area contributed by atoms with Crippen LogP contribution in [0.15, 0.2) is 22.9 Å². The molecule has 0 aromatic carbocycles. The normalized spacial score (nSPS) is 32.1. The molecule has 0 amide bonds. The van der Waals surface area contributed by atoms with Crippen LogP contribution in [0.25, 0.3) is 0 Å². The molecule has 0 aliphatic carbocycles. The van der Waals surface area contributed by atoms with Gasteiger partial charge in [0.2, 0.25) is 0 Å². The number of nitrogens with zero attached hydrogens (tertiary/aromatic N) is 1. The maximum atomic E-state index is 4.21. The first kappa shape index (κ1) is 10.1. The molecule has 1 saturated heterocycles. The van der Waals surface area contributed by atoms with Gasteiger partial charge in [-0.15, -0.1) is 0 Å². The van der Waals surface area contributed by atoms with Gasteiger partial charge in [-0.25, -0.2) is 0 Å². The Morgan fingerprint density at radius 2 is 2.21 bits per heavy atom. The van der Waals surface area contributed by atoms with Crippen LogP contribution in [0.5, 0.6) is 0 Å². The zero-order valence-electron chi connectivity index (χ0n) is 8.50. The van der Waals surface area contributed by atoms with Gasteiger partial charge in [0.1, 0.15) is 0 Å². The number of hydrogen-bond acceptors (Lipinski definition) is 2. The Morgan fingerprint density at radius 1 is 1.43 bits per heavy atom. The van der Waals surface area contributed by atoms with E-state index < -0.39 is 0 Å². The molecule has 76 valence electrons. The second-order valence-corrected chi connectivity index (χ2v) is 5.05. The predicted octanol–water partition coefficient (Wildman–Crippen LogP) is 2.70. The Bertz CT molecular complexity index is 327. The minimum absolute atomic E-state index is 0.557. The topological polar surface area (TPSA) is 24.9 Å². The average molecular weight is 255 g/mol. The van der Waals surface area contributed by atoms with E-state index >= 15 is 0 Å². The molecule has 1 aromatic heterocycles. The predicted molar refractivity (Wildman–Crippen MR) is 61.4 cm³/mol. The molecule has 2 nitrogen and oxygen atoms in total.